The molecule has 3 aromatic carbocycles. The van der Waals surface area contributed by atoms with E-state index in [1.54, 1.807) is 0 Å². The average Bonchev–Trinajstić information content (AvgIpc) is 3.38. The molecule has 208 valence electrons. The highest BCUT2D eigenvalue weighted by Crippen LogP contribution is 2.34. The summed E-state index contributed by atoms with van der Waals surface area (Å²) >= 11 is 0. The average molecular weight is 547 g/mol. The number of nitrogens with zero attached hydrogens (tertiary/aromatic N) is 3. The van der Waals surface area contributed by atoms with Crippen molar-refractivity contribution in [2.75, 3.05) is 31.1 Å². The zero-order chi connectivity index (χ0) is 27.6. The summed E-state index contributed by atoms with van der Waals surface area (Å²) < 4.78 is 33.6. The fourth-order valence-electron chi connectivity index (χ4n) is 5.85. The first-order valence-corrected chi connectivity index (χ1v) is 13.7. The van der Waals surface area contributed by atoms with Crippen LogP contribution in [0.25, 0.3) is 0 Å². The van der Waals surface area contributed by atoms with Crippen LogP contribution < -0.4 is 15.0 Å². The van der Waals surface area contributed by atoms with Gasteiger partial charge in [-0.2, -0.15) is 0 Å². The lowest BCUT2D eigenvalue weighted by atomic mass is 10.0. The van der Waals surface area contributed by atoms with Crippen LogP contribution in [0.2, 0.25) is 0 Å². The van der Waals surface area contributed by atoms with Crippen molar-refractivity contribution in [3.63, 3.8) is 0 Å². The number of hydrogen-bond donors (Lipinski definition) is 1. The smallest absolute Gasteiger partial charge is 0.243 e. The molecular formula is C31H32F2N4O3. The number of anilines is 1. The second-order valence-electron chi connectivity index (χ2n) is 10.7. The van der Waals surface area contributed by atoms with Crippen molar-refractivity contribution in [1.82, 2.24) is 15.1 Å². The Labute approximate surface area is 232 Å². The summed E-state index contributed by atoms with van der Waals surface area (Å²) in [4.78, 5) is 30.3. The molecule has 40 heavy (non-hydrogen) atoms. The lowest BCUT2D eigenvalue weighted by Crippen LogP contribution is -2.50. The maximum atomic E-state index is 14.1. The second kappa shape index (κ2) is 11.3. The van der Waals surface area contributed by atoms with E-state index in [-0.39, 0.29) is 17.9 Å². The van der Waals surface area contributed by atoms with Gasteiger partial charge in [0.25, 0.3) is 0 Å². The fourth-order valence-corrected chi connectivity index (χ4v) is 5.85. The van der Waals surface area contributed by atoms with Gasteiger partial charge in [-0.05, 0) is 41.3 Å². The molecule has 0 saturated carbocycles. The van der Waals surface area contributed by atoms with Gasteiger partial charge in [0, 0.05) is 63.9 Å². The molecule has 2 saturated heterocycles. The highest BCUT2D eigenvalue weighted by molar-refractivity contribution is 6.00. The van der Waals surface area contributed by atoms with Crippen LogP contribution in [0.4, 0.5) is 14.5 Å². The Hall–Kier alpha value is -3.82. The number of halogens is 2. The molecule has 7 nitrogen and oxygen atoms in total. The van der Waals surface area contributed by atoms with E-state index in [1.807, 2.05) is 17.0 Å². The molecule has 1 atom stereocenters. The van der Waals surface area contributed by atoms with Crippen LogP contribution in [0.1, 0.15) is 35.1 Å². The number of carbonyl (C=O) groups is 2. The van der Waals surface area contributed by atoms with Crippen LogP contribution in [0.5, 0.6) is 5.75 Å². The van der Waals surface area contributed by atoms with Crippen molar-refractivity contribution < 1.29 is 23.1 Å². The molecule has 0 spiro atoms. The molecular weight excluding hydrogens is 514 g/mol. The number of benzene rings is 3. The topological polar surface area (TPSA) is 65.1 Å². The fraction of sp³-hybridized carbons (Fsp3) is 0.355. The maximum absolute atomic E-state index is 14.1. The molecule has 0 bridgehead atoms. The zero-order valence-electron chi connectivity index (χ0n) is 22.2. The van der Waals surface area contributed by atoms with Crippen LogP contribution >= 0.6 is 0 Å². The SMILES string of the molecule is O=C1CCC(N2Cc3cccc(OCc4ccc(CN5CCN(c6ccc(F)cc6F)CC5)cc4)c3C2)C(=O)N1. The molecule has 0 aliphatic carbocycles. The Bertz CT molecular complexity index is 1410. The van der Waals surface area contributed by atoms with E-state index in [0.717, 1.165) is 48.1 Å². The predicted octanol–water partition coefficient (Wildman–Crippen LogP) is 3.99. The van der Waals surface area contributed by atoms with Crippen LogP contribution in [0, 0.1) is 11.6 Å². The van der Waals surface area contributed by atoms with Crippen LogP contribution in [0.3, 0.4) is 0 Å². The van der Waals surface area contributed by atoms with Gasteiger partial charge >= 0.3 is 0 Å². The molecule has 1 unspecified atom stereocenters. The van der Waals surface area contributed by atoms with Gasteiger partial charge < -0.3 is 9.64 Å². The summed E-state index contributed by atoms with van der Waals surface area (Å²) in [6.07, 6.45) is 0.915. The summed E-state index contributed by atoms with van der Waals surface area (Å²) in [5.41, 5.74) is 4.98. The van der Waals surface area contributed by atoms with Crippen molar-refractivity contribution in [3.05, 3.63) is 94.6 Å². The maximum Gasteiger partial charge on any atom is 0.243 e. The molecule has 1 N–H and O–H groups in total. The van der Waals surface area contributed by atoms with E-state index in [9.17, 15) is 18.4 Å². The van der Waals surface area contributed by atoms with E-state index in [4.69, 9.17) is 4.74 Å². The summed E-state index contributed by atoms with van der Waals surface area (Å²) in [5.74, 6) is -0.660. The van der Waals surface area contributed by atoms with Gasteiger partial charge in [-0.3, -0.25) is 24.7 Å². The van der Waals surface area contributed by atoms with Gasteiger partial charge in [-0.1, -0.05) is 36.4 Å². The van der Waals surface area contributed by atoms with Crippen molar-refractivity contribution in [2.24, 2.45) is 0 Å². The molecule has 0 radical (unpaired) electrons. The molecule has 2 amide bonds. The molecule has 2 fully saturated rings. The number of amides is 2. The van der Waals surface area contributed by atoms with E-state index in [0.29, 0.717) is 51.3 Å². The Kier molecular flexibility index (Phi) is 7.49. The number of carbonyl (C=O) groups excluding carboxylic acids is 2. The third kappa shape index (κ3) is 5.71. The molecule has 3 heterocycles. The van der Waals surface area contributed by atoms with Crippen LogP contribution in [0.15, 0.2) is 60.7 Å². The largest absolute Gasteiger partial charge is 0.489 e. The van der Waals surface area contributed by atoms with E-state index >= 15 is 0 Å². The number of nitrogens with one attached hydrogen (secondary N) is 1. The summed E-state index contributed by atoms with van der Waals surface area (Å²) in [7, 11) is 0. The lowest BCUT2D eigenvalue weighted by molar-refractivity contribution is -0.137. The number of rotatable bonds is 7. The van der Waals surface area contributed by atoms with Crippen molar-refractivity contribution in [1.29, 1.82) is 0 Å². The summed E-state index contributed by atoms with van der Waals surface area (Å²) in [6.45, 7) is 5.53. The van der Waals surface area contributed by atoms with Gasteiger partial charge in [-0.15, -0.1) is 0 Å². The standard InChI is InChI=1S/C31H32F2N4O3/c32-24-8-9-27(26(33)16-24)36-14-12-35(13-15-36)17-21-4-6-22(7-5-21)20-40-29-3-1-2-23-18-37(19-25(23)29)28-10-11-30(38)34-31(28)39/h1-9,16,28H,10-15,17-20H2,(H,34,38,39). The Morgan fingerprint density at radius 1 is 0.900 bits per heavy atom. The minimum Gasteiger partial charge on any atom is -0.489 e. The number of ether oxygens (including phenoxy) is 1. The normalized spacial score (nSPS) is 19.9. The first kappa shape index (κ1) is 26.4. The van der Waals surface area contributed by atoms with Crippen LogP contribution in [-0.4, -0.2) is 53.8 Å². The number of piperidine rings is 1. The van der Waals surface area contributed by atoms with Gasteiger partial charge in [-0.25, -0.2) is 8.78 Å². The third-order valence-electron chi connectivity index (χ3n) is 8.06. The molecule has 3 aromatic rings. The highest BCUT2D eigenvalue weighted by atomic mass is 19.1. The van der Waals surface area contributed by atoms with Crippen LogP contribution in [-0.2, 0) is 35.8 Å². The second-order valence-corrected chi connectivity index (χ2v) is 10.7. The molecule has 3 aliphatic heterocycles. The lowest BCUT2D eigenvalue weighted by Gasteiger charge is -2.36. The first-order chi connectivity index (χ1) is 19.4. The minimum absolute atomic E-state index is 0.200. The Balaban J connectivity index is 1.01. The quantitative estimate of drug-likeness (QED) is 0.453. The van der Waals surface area contributed by atoms with Crippen molar-refractivity contribution in [3.8, 4) is 5.75 Å². The Morgan fingerprint density at radius 3 is 2.42 bits per heavy atom. The molecule has 6 rings (SSSR count). The van der Waals surface area contributed by atoms with Crippen molar-refractivity contribution >= 4 is 17.5 Å². The van der Waals surface area contributed by atoms with Gasteiger partial charge in [0.05, 0.1) is 11.7 Å². The van der Waals surface area contributed by atoms with E-state index < -0.39 is 11.6 Å². The van der Waals surface area contributed by atoms with E-state index in [2.05, 4.69) is 45.4 Å². The number of piperazine rings is 1. The predicted molar refractivity (Wildman–Crippen MR) is 146 cm³/mol. The molecule has 3 aliphatic rings. The van der Waals surface area contributed by atoms with Crippen molar-refractivity contribution in [2.45, 2.75) is 45.1 Å². The molecule has 0 aromatic heterocycles. The summed E-state index contributed by atoms with van der Waals surface area (Å²) in [6, 6.07) is 17.9. The monoisotopic (exact) mass is 546 g/mol. The summed E-state index contributed by atoms with van der Waals surface area (Å²) in [5, 5.41) is 2.46. The van der Waals surface area contributed by atoms with Gasteiger partial charge in [0.2, 0.25) is 11.8 Å². The minimum atomic E-state index is -0.558. The van der Waals surface area contributed by atoms with E-state index in [1.165, 1.54) is 17.7 Å². The zero-order valence-corrected chi connectivity index (χ0v) is 22.2. The number of fused-ring (bicyclic) bond motifs is 1. The van der Waals surface area contributed by atoms with Gasteiger partial charge in [0.15, 0.2) is 0 Å². The van der Waals surface area contributed by atoms with Gasteiger partial charge in [0.1, 0.15) is 24.0 Å². The first-order valence-electron chi connectivity index (χ1n) is 13.7. The Morgan fingerprint density at radius 2 is 1.68 bits per heavy atom. The molecule has 9 heteroatoms. The highest BCUT2D eigenvalue weighted by Gasteiger charge is 2.35. The number of imide groups is 1. The third-order valence-corrected chi connectivity index (χ3v) is 8.06. The number of hydrogen-bond acceptors (Lipinski definition) is 6.